The van der Waals surface area contributed by atoms with Crippen LogP contribution in [0.25, 0.3) is 0 Å². The zero-order valence-electron chi connectivity index (χ0n) is 16.3. The van der Waals surface area contributed by atoms with Gasteiger partial charge in [0.15, 0.2) is 5.78 Å². The van der Waals surface area contributed by atoms with Crippen LogP contribution in [0.15, 0.2) is 47.4 Å². The fourth-order valence-electron chi connectivity index (χ4n) is 3.08. The minimum atomic E-state index is -4.65. The quantitative estimate of drug-likeness (QED) is 0.475. The first-order chi connectivity index (χ1) is 13.1. The van der Waals surface area contributed by atoms with Gasteiger partial charge in [-0.1, -0.05) is 51.1 Å². The van der Waals surface area contributed by atoms with Gasteiger partial charge in [0, 0.05) is 11.6 Å². The molecule has 6 nitrogen and oxygen atoms in total. The summed E-state index contributed by atoms with van der Waals surface area (Å²) in [4.78, 5) is 12.0. The smallest absolute Gasteiger partial charge is 0.298 e. The van der Waals surface area contributed by atoms with Crippen molar-refractivity contribution >= 4 is 15.9 Å². The number of ether oxygens (including phenoxy) is 1. The Balaban J connectivity index is 2.30. The molecular formula is C21H26O6S. The Morgan fingerprint density at radius 2 is 1.75 bits per heavy atom. The predicted octanol–water partition coefficient (Wildman–Crippen LogP) is 4.32. The highest BCUT2D eigenvalue weighted by Crippen LogP contribution is 2.33. The van der Waals surface area contributed by atoms with Gasteiger partial charge in [-0.25, -0.2) is 0 Å². The molecule has 7 heteroatoms. The van der Waals surface area contributed by atoms with E-state index in [0.717, 1.165) is 18.6 Å². The Morgan fingerprint density at radius 1 is 1.11 bits per heavy atom. The van der Waals surface area contributed by atoms with E-state index in [9.17, 15) is 22.9 Å². The number of hydrogen-bond acceptors (Lipinski definition) is 5. The van der Waals surface area contributed by atoms with Crippen molar-refractivity contribution in [3.05, 3.63) is 53.6 Å². The first-order valence-corrected chi connectivity index (χ1v) is 10.6. The maximum absolute atomic E-state index is 12.6. The molecule has 0 radical (unpaired) electrons. The molecule has 0 aliphatic carbocycles. The van der Waals surface area contributed by atoms with E-state index in [1.807, 2.05) is 0 Å². The molecule has 2 aromatic rings. The van der Waals surface area contributed by atoms with Crippen molar-refractivity contribution < 1.29 is 27.6 Å². The largest absolute Gasteiger partial charge is 0.507 e. The van der Waals surface area contributed by atoms with Crippen molar-refractivity contribution in [2.24, 2.45) is 11.8 Å². The van der Waals surface area contributed by atoms with Crippen LogP contribution in [0.3, 0.4) is 0 Å². The average Bonchev–Trinajstić information content (AvgIpc) is 2.60. The van der Waals surface area contributed by atoms with Crippen LogP contribution in [0.5, 0.6) is 11.5 Å². The molecular weight excluding hydrogens is 380 g/mol. The summed E-state index contributed by atoms with van der Waals surface area (Å²) in [6.45, 7) is 6.54. The number of phenols is 1. The molecule has 0 fully saturated rings. The fraction of sp³-hybridized carbons (Fsp3) is 0.381. The molecule has 0 aromatic heterocycles. The lowest BCUT2D eigenvalue weighted by molar-refractivity contribution is 0.103. The molecule has 0 saturated heterocycles. The Morgan fingerprint density at radius 3 is 2.32 bits per heavy atom. The van der Waals surface area contributed by atoms with Crippen molar-refractivity contribution in [3.63, 3.8) is 0 Å². The monoisotopic (exact) mass is 406 g/mol. The van der Waals surface area contributed by atoms with E-state index in [4.69, 9.17) is 4.74 Å². The number of benzene rings is 2. The predicted molar refractivity (Wildman–Crippen MR) is 107 cm³/mol. The Labute approximate surface area is 165 Å². The molecule has 2 rings (SSSR count). The van der Waals surface area contributed by atoms with E-state index in [2.05, 4.69) is 20.8 Å². The molecule has 0 aliphatic heterocycles. The molecule has 0 aliphatic rings. The van der Waals surface area contributed by atoms with Crippen molar-refractivity contribution in [2.45, 2.75) is 38.5 Å². The maximum Gasteiger partial charge on any atom is 0.298 e. The topological polar surface area (TPSA) is 101 Å². The molecule has 1 atom stereocenters. The van der Waals surface area contributed by atoms with Crippen LogP contribution in [0, 0.1) is 11.8 Å². The van der Waals surface area contributed by atoms with Crippen molar-refractivity contribution in [1.29, 1.82) is 0 Å². The number of hydrogen-bond donors (Lipinski definition) is 2. The van der Waals surface area contributed by atoms with Crippen molar-refractivity contribution in [2.75, 3.05) is 6.61 Å². The van der Waals surface area contributed by atoms with Crippen molar-refractivity contribution in [1.82, 2.24) is 0 Å². The Hall–Kier alpha value is -2.38. The number of carbonyl (C=O) groups excluding carboxylic acids is 1. The van der Waals surface area contributed by atoms with E-state index < -0.39 is 26.5 Å². The first kappa shape index (κ1) is 21.9. The van der Waals surface area contributed by atoms with Gasteiger partial charge in [-0.2, -0.15) is 8.42 Å². The molecule has 0 spiro atoms. The lowest BCUT2D eigenvalue weighted by atomic mass is 9.96. The minimum absolute atomic E-state index is 0.179. The number of aromatic hydroxyl groups is 1. The maximum atomic E-state index is 12.6. The summed E-state index contributed by atoms with van der Waals surface area (Å²) in [6.07, 6.45) is 1.69. The van der Waals surface area contributed by atoms with Gasteiger partial charge in [0.25, 0.3) is 10.1 Å². The Kier molecular flexibility index (Phi) is 7.21. The molecule has 2 N–H and O–H groups in total. The van der Waals surface area contributed by atoms with Crippen LogP contribution in [0.2, 0.25) is 0 Å². The molecule has 0 saturated carbocycles. The second-order valence-corrected chi connectivity index (χ2v) is 8.75. The highest BCUT2D eigenvalue weighted by molar-refractivity contribution is 7.86. The molecule has 152 valence electrons. The SMILES string of the molecule is CC(C)CC(C)CCOc1cc(O)c(C(=O)c2ccccc2)cc1S(=O)(=O)O. The van der Waals surface area contributed by atoms with Gasteiger partial charge in [0.1, 0.15) is 16.4 Å². The Bertz CT molecular complexity index is 919. The first-order valence-electron chi connectivity index (χ1n) is 9.16. The van der Waals surface area contributed by atoms with E-state index in [-0.39, 0.29) is 23.5 Å². The lowest BCUT2D eigenvalue weighted by Crippen LogP contribution is -2.11. The van der Waals surface area contributed by atoms with Gasteiger partial charge in [0.2, 0.25) is 0 Å². The second-order valence-electron chi connectivity index (χ2n) is 7.36. The second kappa shape index (κ2) is 9.21. The van der Waals surface area contributed by atoms with Crippen LogP contribution < -0.4 is 4.74 Å². The molecule has 1 unspecified atom stereocenters. The summed E-state index contributed by atoms with van der Waals surface area (Å²) in [7, 11) is -4.65. The standard InChI is InChI=1S/C21H26O6S/c1-14(2)11-15(3)9-10-27-19-13-18(22)17(12-20(19)28(24,25)26)21(23)16-7-5-4-6-8-16/h4-8,12-15,22H,9-11H2,1-3H3,(H,24,25,26). The third-order valence-corrected chi connectivity index (χ3v) is 5.24. The number of phenolic OH excluding ortho intramolecular Hbond substituents is 1. The molecule has 28 heavy (non-hydrogen) atoms. The summed E-state index contributed by atoms with van der Waals surface area (Å²) in [5, 5.41) is 10.3. The number of rotatable bonds is 9. The summed E-state index contributed by atoms with van der Waals surface area (Å²) in [6, 6.07) is 10.2. The van der Waals surface area contributed by atoms with Crippen molar-refractivity contribution in [3.8, 4) is 11.5 Å². The van der Waals surface area contributed by atoms with Gasteiger partial charge in [-0.3, -0.25) is 9.35 Å². The van der Waals surface area contributed by atoms with Crippen LogP contribution >= 0.6 is 0 Å². The highest BCUT2D eigenvalue weighted by Gasteiger charge is 2.24. The molecule has 0 heterocycles. The highest BCUT2D eigenvalue weighted by atomic mass is 32.2. The number of ketones is 1. The third kappa shape index (κ3) is 5.81. The summed E-state index contributed by atoms with van der Waals surface area (Å²) in [5.74, 6) is -0.231. The molecule has 0 bridgehead atoms. The van der Waals surface area contributed by atoms with Crippen LogP contribution in [0.4, 0.5) is 0 Å². The van der Waals surface area contributed by atoms with Gasteiger partial charge in [-0.05, 0) is 30.7 Å². The van der Waals surface area contributed by atoms with Crippen LogP contribution in [-0.4, -0.2) is 30.5 Å². The van der Waals surface area contributed by atoms with Gasteiger partial charge in [-0.15, -0.1) is 0 Å². The zero-order valence-corrected chi connectivity index (χ0v) is 17.1. The van der Waals surface area contributed by atoms with Gasteiger partial charge in [0.05, 0.1) is 12.2 Å². The fourth-order valence-corrected chi connectivity index (χ4v) is 3.72. The van der Waals surface area contributed by atoms with Crippen LogP contribution in [0.1, 0.15) is 49.5 Å². The lowest BCUT2D eigenvalue weighted by Gasteiger charge is -2.16. The normalized spacial score (nSPS) is 12.8. The summed E-state index contributed by atoms with van der Waals surface area (Å²) in [5.41, 5.74) is 0.0645. The van der Waals surface area contributed by atoms with Crippen LogP contribution in [-0.2, 0) is 10.1 Å². The summed E-state index contributed by atoms with van der Waals surface area (Å²) < 4.78 is 38.7. The van der Waals surface area contributed by atoms with E-state index in [1.165, 1.54) is 0 Å². The van der Waals surface area contributed by atoms with E-state index >= 15 is 0 Å². The average molecular weight is 407 g/mol. The molecule has 0 amide bonds. The van der Waals surface area contributed by atoms with Gasteiger partial charge >= 0.3 is 0 Å². The van der Waals surface area contributed by atoms with E-state index in [0.29, 0.717) is 18.3 Å². The van der Waals surface area contributed by atoms with E-state index in [1.54, 1.807) is 30.3 Å². The van der Waals surface area contributed by atoms with Gasteiger partial charge < -0.3 is 9.84 Å². The minimum Gasteiger partial charge on any atom is -0.507 e. The number of carbonyl (C=O) groups is 1. The summed E-state index contributed by atoms with van der Waals surface area (Å²) >= 11 is 0. The zero-order chi connectivity index (χ0) is 20.9. The molecule has 2 aromatic carbocycles. The third-order valence-electron chi connectivity index (χ3n) is 4.36.